The molecule has 1 aliphatic rings. The fourth-order valence-electron chi connectivity index (χ4n) is 4.30. The van der Waals surface area contributed by atoms with Crippen molar-refractivity contribution in [2.75, 3.05) is 19.8 Å². The quantitative estimate of drug-likeness (QED) is 0.342. The molecule has 3 rings (SSSR count). The Morgan fingerprint density at radius 2 is 1.91 bits per heavy atom. The number of hydrogen-bond acceptors (Lipinski definition) is 5. The first-order valence-electron chi connectivity index (χ1n) is 11.9. The highest BCUT2D eigenvalue weighted by Gasteiger charge is 2.36. The minimum absolute atomic E-state index is 0.0714. The highest BCUT2D eigenvalue weighted by Crippen LogP contribution is 2.39. The highest BCUT2D eigenvalue weighted by molar-refractivity contribution is 6.05. The molecule has 2 aromatic rings. The Kier molecular flexibility index (Phi) is 8.57. The van der Waals surface area contributed by atoms with E-state index in [1.54, 1.807) is 41.3 Å². The van der Waals surface area contributed by atoms with Crippen molar-refractivity contribution in [1.29, 1.82) is 0 Å². The molecule has 188 valence electrons. The molecule has 0 unspecified atom stereocenters. The molecule has 2 atom stereocenters. The predicted molar refractivity (Wildman–Crippen MR) is 136 cm³/mol. The van der Waals surface area contributed by atoms with E-state index in [0.29, 0.717) is 50.2 Å². The second-order valence-electron chi connectivity index (χ2n) is 9.60. The molecule has 7 nitrogen and oxygen atoms in total. The Morgan fingerprint density at radius 3 is 2.57 bits per heavy atom. The first-order valence-corrected chi connectivity index (χ1v) is 11.9. The lowest BCUT2D eigenvalue weighted by molar-refractivity contribution is -0.0251. The Balaban J connectivity index is 2.09. The van der Waals surface area contributed by atoms with E-state index in [4.69, 9.17) is 14.2 Å². The van der Waals surface area contributed by atoms with Gasteiger partial charge in [-0.15, -0.1) is 13.2 Å². The maximum Gasteiger partial charge on any atom is 0.410 e. The van der Waals surface area contributed by atoms with Crippen LogP contribution in [0.5, 0.6) is 5.75 Å². The van der Waals surface area contributed by atoms with Crippen LogP contribution in [0.4, 0.5) is 4.79 Å². The largest absolute Gasteiger partial charge is 0.493 e. The normalized spacial score (nSPS) is 18.2. The third kappa shape index (κ3) is 6.63. The number of carbonyl (C=O) groups excluding carboxylic acids is 1. The van der Waals surface area contributed by atoms with E-state index in [0.717, 1.165) is 10.9 Å². The van der Waals surface area contributed by atoms with Gasteiger partial charge in [-0.3, -0.25) is 0 Å². The van der Waals surface area contributed by atoms with Crippen LogP contribution in [-0.4, -0.2) is 53.5 Å². The monoisotopic (exact) mass is 481 g/mol. The van der Waals surface area contributed by atoms with E-state index in [-0.39, 0.29) is 17.7 Å². The van der Waals surface area contributed by atoms with Gasteiger partial charge in [-0.2, -0.15) is 0 Å². The number of carboxylic acid groups (broad SMARTS) is 1. The van der Waals surface area contributed by atoms with E-state index in [2.05, 4.69) is 13.2 Å². The molecule has 1 saturated heterocycles. The molecular formula is C28H35NO6. The number of piperidine rings is 1. The first kappa shape index (κ1) is 26.3. The van der Waals surface area contributed by atoms with Crippen molar-refractivity contribution < 1.29 is 28.9 Å². The Hall–Kier alpha value is -3.32. The van der Waals surface area contributed by atoms with Crippen LogP contribution in [0, 0.1) is 0 Å². The van der Waals surface area contributed by atoms with Crippen molar-refractivity contribution in [2.24, 2.45) is 0 Å². The highest BCUT2D eigenvalue weighted by atomic mass is 16.6. The fourth-order valence-corrected chi connectivity index (χ4v) is 4.30. The van der Waals surface area contributed by atoms with Crippen LogP contribution in [-0.2, 0) is 9.47 Å². The number of fused-ring (bicyclic) bond motifs is 1. The molecule has 1 aliphatic heterocycles. The van der Waals surface area contributed by atoms with Crippen molar-refractivity contribution >= 4 is 22.8 Å². The average Bonchev–Trinajstić information content (AvgIpc) is 2.80. The van der Waals surface area contributed by atoms with Crippen LogP contribution in [0.2, 0.25) is 0 Å². The van der Waals surface area contributed by atoms with Crippen molar-refractivity contribution in [3.8, 4) is 5.75 Å². The van der Waals surface area contributed by atoms with Gasteiger partial charge in [0.15, 0.2) is 0 Å². The molecule has 0 radical (unpaired) electrons. The van der Waals surface area contributed by atoms with Crippen LogP contribution in [0.25, 0.3) is 10.8 Å². The number of amides is 1. The second-order valence-corrected chi connectivity index (χ2v) is 9.60. The Labute approximate surface area is 207 Å². The summed E-state index contributed by atoms with van der Waals surface area (Å²) in [6.45, 7) is 14.3. The number of hydrogen-bond donors (Lipinski definition) is 1. The lowest BCUT2D eigenvalue weighted by atomic mass is 9.88. The second kappa shape index (κ2) is 11.4. The van der Waals surface area contributed by atoms with Crippen LogP contribution < -0.4 is 4.74 Å². The summed E-state index contributed by atoms with van der Waals surface area (Å²) in [6, 6.07) is 8.41. The molecule has 2 aromatic carbocycles. The summed E-state index contributed by atoms with van der Waals surface area (Å²) in [4.78, 5) is 26.9. The molecule has 0 saturated carbocycles. The summed E-state index contributed by atoms with van der Waals surface area (Å²) in [6.07, 6.45) is 4.92. The summed E-state index contributed by atoms with van der Waals surface area (Å²) < 4.78 is 17.5. The Morgan fingerprint density at radius 1 is 1.14 bits per heavy atom. The number of nitrogens with zero attached hydrogens (tertiary/aromatic N) is 1. The third-order valence-electron chi connectivity index (χ3n) is 5.83. The van der Waals surface area contributed by atoms with E-state index in [1.165, 1.54) is 0 Å². The maximum atomic E-state index is 13.2. The summed E-state index contributed by atoms with van der Waals surface area (Å²) >= 11 is 0. The van der Waals surface area contributed by atoms with Gasteiger partial charge in [0.05, 0.1) is 30.9 Å². The average molecular weight is 482 g/mol. The number of aromatic carboxylic acids is 1. The van der Waals surface area contributed by atoms with Gasteiger partial charge < -0.3 is 24.2 Å². The molecular weight excluding hydrogens is 446 g/mol. The predicted octanol–water partition coefficient (Wildman–Crippen LogP) is 6.14. The molecule has 1 fully saturated rings. The first-order chi connectivity index (χ1) is 16.6. The standard InChI is InChI=1S/C28H35NO6/c1-6-8-16-34-19-9-10-21-23(26(30)31)12-11-22(24(21)17-19)25-18-20(33-15-7-2)13-14-29(25)27(32)35-28(3,4)5/h6-7,9-12,17,20,25H,1-2,8,13-16,18H2,3-5H3,(H,30,31)/t20-,25-/m0/s1. The summed E-state index contributed by atoms with van der Waals surface area (Å²) in [5.41, 5.74) is 0.386. The number of likely N-dealkylation sites (tertiary alicyclic amines) is 1. The van der Waals surface area contributed by atoms with Crippen LogP contribution >= 0.6 is 0 Å². The van der Waals surface area contributed by atoms with E-state index in [9.17, 15) is 14.7 Å². The molecule has 35 heavy (non-hydrogen) atoms. The number of benzene rings is 2. The minimum atomic E-state index is -1.01. The molecule has 0 bridgehead atoms. The number of rotatable bonds is 9. The topological polar surface area (TPSA) is 85.3 Å². The van der Waals surface area contributed by atoms with Crippen molar-refractivity contribution in [1.82, 2.24) is 4.90 Å². The number of carboxylic acids is 1. The molecule has 1 amide bonds. The van der Waals surface area contributed by atoms with E-state index >= 15 is 0 Å². The zero-order valence-corrected chi connectivity index (χ0v) is 20.8. The maximum absolute atomic E-state index is 13.2. The van der Waals surface area contributed by atoms with E-state index < -0.39 is 17.7 Å². The zero-order valence-electron chi connectivity index (χ0n) is 20.8. The summed E-state index contributed by atoms with van der Waals surface area (Å²) in [5.74, 6) is -0.385. The fraction of sp³-hybridized carbons (Fsp3) is 0.429. The number of ether oxygens (including phenoxy) is 3. The van der Waals surface area contributed by atoms with Crippen LogP contribution in [0.1, 0.15) is 62.0 Å². The van der Waals surface area contributed by atoms with Crippen LogP contribution in [0.15, 0.2) is 55.6 Å². The van der Waals surface area contributed by atoms with Gasteiger partial charge >= 0.3 is 12.1 Å². The summed E-state index contributed by atoms with van der Waals surface area (Å²) in [7, 11) is 0. The molecule has 7 heteroatoms. The van der Waals surface area contributed by atoms with Gasteiger partial charge in [-0.25, -0.2) is 9.59 Å². The molecule has 0 aliphatic carbocycles. The molecule has 0 aromatic heterocycles. The van der Waals surface area contributed by atoms with Crippen LogP contribution in [0.3, 0.4) is 0 Å². The molecule has 1 heterocycles. The van der Waals surface area contributed by atoms with Crippen molar-refractivity contribution in [2.45, 2.75) is 57.8 Å². The van der Waals surface area contributed by atoms with Gasteiger partial charge in [0.2, 0.25) is 0 Å². The Bertz CT molecular complexity index is 1090. The molecule has 1 N–H and O–H groups in total. The van der Waals surface area contributed by atoms with Gasteiger partial charge in [-0.05, 0) is 80.6 Å². The number of carbonyl (C=O) groups is 2. The van der Waals surface area contributed by atoms with Crippen molar-refractivity contribution in [3.05, 3.63) is 66.8 Å². The molecule has 0 spiro atoms. The van der Waals surface area contributed by atoms with E-state index in [1.807, 2.05) is 26.8 Å². The van der Waals surface area contributed by atoms with Gasteiger partial charge in [0, 0.05) is 6.54 Å². The SMILES string of the molecule is C=CCCOc1ccc2c(C(=O)O)ccc([C@@H]3C[C@@H](OCC=C)CCN3C(=O)OC(C)(C)C)c2c1. The zero-order chi connectivity index (χ0) is 25.6. The summed E-state index contributed by atoms with van der Waals surface area (Å²) in [5, 5.41) is 11.1. The third-order valence-corrected chi connectivity index (χ3v) is 5.83. The minimum Gasteiger partial charge on any atom is -0.493 e. The van der Waals surface area contributed by atoms with Gasteiger partial charge in [-0.1, -0.05) is 18.2 Å². The van der Waals surface area contributed by atoms with Gasteiger partial charge in [0.1, 0.15) is 11.4 Å². The lowest BCUT2D eigenvalue weighted by Gasteiger charge is -2.40. The lowest BCUT2D eigenvalue weighted by Crippen LogP contribution is -2.45. The van der Waals surface area contributed by atoms with Gasteiger partial charge in [0.25, 0.3) is 0 Å². The van der Waals surface area contributed by atoms with Crippen molar-refractivity contribution in [3.63, 3.8) is 0 Å². The smallest absolute Gasteiger partial charge is 0.410 e.